The zero-order valence-electron chi connectivity index (χ0n) is 11.4. The smallest absolute Gasteiger partial charge is 0.162 e. The van der Waals surface area contributed by atoms with E-state index in [2.05, 4.69) is 6.58 Å². The zero-order valence-corrected chi connectivity index (χ0v) is 11.4. The van der Waals surface area contributed by atoms with Crippen molar-refractivity contribution in [3.63, 3.8) is 0 Å². The van der Waals surface area contributed by atoms with Gasteiger partial charge in [0.15, 0.2) is 23.3 Å². The van der Waals surface area contributed by atoms with Crippen molar-refractivity contribution in [1.29, 1.82) is 0 Å². The van der Waals surface area contributed by atoms with E-state index in [1.165, 1.54) is 24.3 Å². The van der Waals surface area contributed by atoms with E-state index in [4.69, 9.17) is 0 Å². The van der Waals surface area contributed by atoms with Crippen LogP contribution < -0.4 is 0 Å². The van der Waals surface area contributed by atoms with E-state index < -0.39 is 29.2 Å². The van der Waals surface area contributed by atoms with E-state index in [1.54, 1.807) is 6.92 Å². The highest BCUT2D eigenvalue weighted by Gasteiger charge is 2.23. The molecule has 0 aliphatic heterocycles. The molecule has 2 unspecified atom stereocenters. The molecule has 0 amide bonds. The molecule has 0 fully saturated rings. The Morgan fingerprint density at radius 2 is 1.67 bits per heavy atom. The Morgan fingerprint density at radius 1 is 0.952 bits per heavy atom. The third kappa shape index (κ3) is 2.99. The summed E-state index contributed by atoms with van der Waals surface area (Å²) in [5, 5.41) is 0. The Balaban J connectivity index is 2.43. The van der Waals surface area contributed by atoms with Crippen LogP contribution in [0.1, 0.15) is 29.9 Å². The second-order valence-electron chi connectivity index (χ2n) is 4.87. The second-order valence-corrected chi connectivity index (χ2v) is 4.87. The van der Waals surface area contributed by atoms with Crippen molar-refractivity contribution in [2.75, 3.05) is 0 Å². The number of benzene rings is 2. The first-order valence-corrected chi connectivity index (χ1v) is 6.47. The van der Waals surface area contributed by atoms with Gasteiger partial charge in [-0.1, -0.05) is 31.2 Å². The summed E-state index contributed by atoms with van der Waals surface area (Å²) in [6.07, 6.45) is 1.48. The Morgan fingerprint density at radius 3 is 2.29 bits per heavy atom. The lowest BCUT2D eigenvalue weighted by Gasteiger charge is -2.22. The van der Waals surface area contributed by atoms with E-state index in [9.17, 15) is 17.6 Å². The van der Waals surface area contributed by atoms with Crippen molar-refractivity contribution >= 4 is 0 Å². The Labute approximate surface area is 120 Å². The van der Waals surface area contributed by atoms with Crippen LogP contribution in [0.4, 0.5) is 17.6 Å². The molecule has 0 aromatic heterocycles. The first-order chi connectivity index (χ1) is 9.95. The average Bonchev–Trinajstić information content (AvgIpc) is 2.47. The summed E-state index contributed by atoms with van der Waals surface area (Å²) in [5.74, 6) is -4.74. The molecule has 2 rings (SSSR count). The van der Waals surface area contributed by atoms with Gasteiger partial charge >= 0.3 is 0 Å². The summed E-state index contributed by atoms with van der Waals surface area (Å²) in [5.41, 5.74) is 0.629. The lowest BCUT2D eigenvalue weighted by molar-refractivity contribution is 0.485. The molecule has 0 aliphatic rings. The molecular formula is C17H14F4. The van der Waals surface area contributed by atoms with Crippen molar-refractivity contribution in [1.82, 2.24) is 0 Å². The van der Waals surface area contributed by atoms with Crippen LogP contribution in [0.3, 0.4) is 0 Å². The summed E-state index contributed by atoms with van der Waals surface area (Å²) in [4.78, 5) is 0. The summed E-state index contributed by atoms with van der Waals surface area (Å²) in [7, 11) is 0. The third-order valence-electron chi connectivity index (χ3n) is 3.60. The largest absolute Gasteiger partial charge is 0.204 e. The van der Waals surface area contributed by atoms with Crippen LogP contribution in [0.15, 0.2) is 49.1 Å². The van der Waals surface area contributed by atoms with E-state index in [1.807, 2.05) is 0 Å². The van der Waals surface area contributed by atoms with Gasteiger partial charge in [0.1, 0.15) is 0 Å². The van der Waals surface area contributed by atoms with Crippen LogP contribution in [0.2, 0.25) is 0 Å². The van der Waals surface area contributed by atoms with Crippen LogP contribution in [-0.2, 0) is 0 Å². The van der Waals surface area contributed by atoms with Gasteiger partial charge in [0.25, 0.3) is 0 Å². The van der Waals surface area contributed by atoms with E-state index >= 15 is 0 Å². The van der Waals surface area contributed by atoms with Crippen molar-refractivity contribution < 1.29 is 17.6 Å². The molecule has 21 heavy (non-hydrogen) atoms. The average molecular weight is 294 g/mol. The van der Waals surface area contributed by atoms with Crippen molar-refractivity contribution in [3.05, 3.63) is 83.4 Å². The predicted octanol–water partition coefficient (Wildman–Crippen LogP) is 5.32. The highest BCUT2D eigenvalue weighted by atomic mass is 19.2. The molecule has 4 heteroatoms. The van der Waals surface area contributed by atoms with Crippen molar-refractivity contribution in [2.45, 2.75) is 18.8 Å². The molecule has 0 N–H and O–H groups in total. The van der Waals surface area contributed by atoms with Crippen LogP contribution in [-0.4, -0.2) is 0 Å². The van der Waals surface area contributed by atoms with Gasteiger partial charge in [-0.2, -0.15) is 0 Å². The van der Waals surface area contributed by atoms with Gasteiger partial charge in [-0.3, -0.25) is 0 Å². The SMILES string of the molecule is C=CC(c1cccc(F)c1F)C(C)c1ccc(F)c(F)c1. The van der Waals surface area contributed by atoms with Gasteiger partial charge in [0.2, 0.25) is 0 Å². The Bertz CT molecular complexity index is 664. The summed E-state index contributed by atoms with van der Waals surface area (Å²) >= 11 is 0. The first kappa shape index (κ1) is 15.3. The van der Waals surface area contributed by atoms with Crippen molar-refractivity contribution in [2.24, 2.45) is 0 Å². The Hall–Kier alpha value is -2.10. The highest BCUT2D eigenvalue weighted by Crippen LogP contribution is 2.35. The van der Waals surface area contributed by atoms with E-state index in [-0.39, 0.29) is 11.5 Å². The monoisotopic (exact) mass is 294 g/mol. The van der Waals surface area contributed by atoms with Gasteiger partial charge in [-0.05, 0) is 35.2 Å². The molecule has 0 bridgehead atoms. The molecule has 2 aromatic rings. The molecule has 0 nitrogen and oxygen atoms in total. The normalized spacial score (nSPS) is 13.8. The maximum Gasteiger partial charge on any atom is 0.162 e. The molecule has 2 atom stereocenters. The number of rotatable bonds is 4. The van der Waals surface area contributed by atoms with Gasteiger partial charge in [-0.15, -0.1) is 6.58 Å². The number of hydrogen-bond donors (Lipinski definition) is 0. The van der Waals surface area contributed by atoms with Crippen molar-refractivity contribution in [3.8, 4) is 0 Å². The topological polar surface area (TPSA) is 0 Å². The fourth-order valence-electron chi connectivity index (χ4n) is 2.38. The predicted molar refractivity (Wildman–Crippen MR) is 74.1 cm³/mol. The maximum atomic E-state index is 13.9. The maximum absolute atomic E-state index is 13.9. The summed E-state index contributed by atoms with van der Waals surface area (Å²) < 4.78 is 53.5. The second kappa shape index (κ2) is 6.12. The highest BCUT2D eigenvalue weighted by molar-refractivity contribution is 5.33. The molecule has 110 valence electrons. The third-order valence-corrected chi connectivity index (χ3v) is 3.60. The summed E-state index contributed by atoms with van der Waals surface area (Å²) in [6.45, 7) is 5.36. The molecular weight excluding hydrogens is 280 g/mol. The van der Waals surface area contributed by atoms with Gasteiger partial charge in [-0.25, -0.2) is 17.6 Å². The first-order valence-electron chi connectivity index (χ1n) is 6.47. The number of hydrogen-bond acceptors (Lipinski definition) is 0. The molecule has 0 saturated heterocycles. The fraction of sp³-hybridized carbons (Fsp3) is 0.176. The molecule has 0 radical (unpaired) electrons. The molecule has 0 spiro atoms. The quantitative estimate of drug-likeness (QED) is 0.529. The lowest BCUT2D eigenvalue weighted by atomic mass is 9.82. The standard InChI is InChI=1S/C17H14F4/c1-3-12(13-5-4-6-15(19)17(13)21)10(2)11-7-8-14(18)16(20)9-11/h3-10,12H,1H2,2H3. The van der Waals surface area contributed by atoms with E-state index in [0.717, 1.165) is 18.2 Å². The number of allylic oxidation sites excluding steroid dienone is 1. The molecule has 0 saturated carbocycles. The van der Waals surface area contributed by atoms with Crippen LogP contribution in [0, 0.1) is 23.3 Å². The minimum atomic E-state index is -0.970. The minimum absolute atomic E-state index is 0.141. The van der Waals surface area contributed by atoms with Gasteiger partial charge in [0, 0.05) is 5.92 Å². The fourth-order valence-corrected chi connectivity index (χ4v) is 2.38. The van der Waals surface area contributed by atoms with E-state index in [0.29, 0.717) is 5.56 Å². The van der Waals surface area contributed by atoms with Gasteiger partial charge < -0.3 is 0 Å². The number of halogens is 4. The molecule has 2 aromatic carbocycles. The Kier molecular flexibility index (Phi) is 4.46. The van der Waals surface area contributed by atoms with Crippen LogP contribution in [0.5, 0.6) is 0 Å². The lowest BCUT2D eigenvalue weighted by Crippen LogP contribution is -2.09. The zero-order chi connectivity index (χ0) is 15.6. The summed E-state index contributed by atoms with van der Waals surface area (Å²) in [6, 6.07) is 7.40. The van der Waals surface area contributed by atoms with Crippen LogP contribution in [0.25, 0.3) is 0 Å². The minimum Gasteiger partial charge on any atom is -0.204 e. The van der Waals surface area contributed by atoms with Crippen LogP contribution >= 0.6 is 0 Å². The molecule has 0 aliphatic carbocycles. The molecule has 0 heterocycles. The van der Waals surface area contributed by atoms with Gasteiger partial charge in [0.05, 0.1) is 0 Å².